The van der Waals surface area contributed by atoms with E-state index >= 15 is 0 Å². The van der Waals surface area contributed by atoms with Gasteiger partial charge in [0, 0.05) is 36.8 Å². The van der Waals surface area contributed by atoms with Crippen molar-refractivity contribution in [2.24, 2.45) is 5.41 Å². The molecule has 0 unspecified atom stereocenters. The summed E-state index contributed by atoms with van der Waals surface area (Å²) in [5.74, 6) is -0.780. The first kappa shape index (κ1) is 27.5. The second kappa shape index (κ2) is 11.0. The molecule has 6 nitrogen and oxygen atoms in total. The minimum atomic E-state index is -1.34. The number of carbonyl (C=O) groups excluding carboxylic acids is 1. The quantitative estimate of drug-likeness (QED) is 0.459. The van der Waals surface area contributed by atoms with Gasteiger partial charge in [0.05, 0.1) is 18.9 Å². The number of amides is 2. The molecule has 2 aliphatic heterocycles. The van der Waals surface area contributed by atoms with E-state index in [0.29, 0.717) is 13.2 Å². The summed E-state index contributed by atoms with van der Waals surface area (Å²) in [5.41, 5.74) is 5.11. The molecule has 202 valence electrons. The topological polar surface area (TPSA) is 54.0 Å². The largest absolute Gasteiger partial charge is 0.372 e. The van der Waals surface area contributed by atoms with Crippen LogP contribution in [0.3, 0.4) is 0 Å². The first-order valence-corrected chi connectivity index (χ1v) is 13.8. The lowest BCUT2D eigenvalue weighted by atomic mass is 9.92. The summed E-state index contributed by atoms with van der Waals surface area (Å²) in [6.45, 7) is 16.0. The van der Waals surface area contributed by atoms with Crippen LogP contribution >= 0.6 is 0 Å². The molecular weight excluding hydrogens is 462 g/mol. The summed E-state index contributed by atoms with van der Waals surface area (Å²) in [6, 6.07) is 14.4. The number of carbonyl (C=O) groups is 1. The van der Waals surface area contributed by atoms with Gasteiger partial charge < -0.3 is 14.4 Å². The SMILES string of the molecule is CC(C)c1cccc(C(C)C)c1N(C)C(=O)NC1(c2ccc(N3CCCCC3)cc2)OCC(C)(C)CO1. The maximum Gasteiger partial charge on any atom is 0.326 e. The van der Waals surface area contributed by atoms with Crippen molar-refractivity contribution in [2.75, 3.05) is 43.2 Å². The number of hydrogen-bond acceptors (Lipinski definition) is 4. The van der Waals surface area contributed by atoms with Crippen molar-refractivity contribution in [3.8, 4) is 0 Å². The molecule has 0 saturated carbocycles. The number of nitrogens with zero attached hydrogens (tertiary/aromatic N) is 2. The van der Waals surface area contributed by atoms with Crippen LogP contribution in [0.25, 0.3) is 0 Å². The standard InChI is InChI=1S/C31H45N3O3/c1-22(2)26-12-11-13-27(23(3)4)28(26)33(7)29(35)32-31(36-20-30(5,6)21-37-31)24-14-16-25(17-15-24)34-18-9-8-10-19-34/h11-17,22-23H,8-10,18-21H2,1-7H3,(H,32,35). The number of rotatable bonds is 6. The van der Waals surface area contributed by atoms with E-state index in [9.17, 15) is 4.79 Å². The van der Waals surface area contributed by atoms with Crippen molar-refractivity contribution in [2.45, 2.75) is 78.6 Å². The number of ether oxygens (including phenoxy) is 2. The molecule has 2 aromatic rings. The van der Waals surface area contributed by atoms with E-state index in [1.165, 1.54) is 24.9 Å². The molecular formula is C31H45N3O3. The lowest BCUT2D eigenvalue weighted by Gasteiger charge is -2.44. The third kappa shape index (κ3) is 5.96. The summed E-state index contributed by atoms with van der Waals surface area (Å²) in [7, 11) is 1.84. The Kier molecular flexibility index (Phi) is 8.20. The normalized spacial score (nSPS) is 19.2. The van der Waals surface area contributed by atoms with Crippen molar-refractivity contribution in [3.05, 3.63) is 59.2 Å². The fraction of sp³-hybridized carbons (Fsp3) is 0.581. The van der Waals surface area contributed by atoms with Gasteiger partial charge >= 0.3 is 6.03 Å². The highest BCUT2D eigenvalue weighted by Gasteiger charge is 2.44. The van der Waals surface area contributed by atoms with Gasteiger partial charge in [-0.15, -0.1) is 0 Å². The van der Waals surface area contributed by atoms with Gasteiger partial charge in [0.2, 0.25) is 0 Å². The van der Waals surface area contributed by atoms with E-state index in [1.54, 1.807) is 4.90 Å². The van der Waals surface area contributed by atoms with Crippen LogP contribution in [-0.4, -0.2) is 39.4 Å². The lowest BCUT2D eigenvalue weighted by molar-refractivity contribution is -0.317. The molecule has 0 aromatic heterocycles. The number of anilines is 2. The molecule has 6 heteroatoms. The van der Waals surface area contributed by atoms with E-state index in [4.69, 9.17) is 9.47 Å². The van der Waals surface area contributed by atoms with Gasteiger partial charge in [0.15, 0.2) is 0 Å². The van der Waals surface area contributed by atoms with Crippen LogP contribution in [0.15, 0.2) is 42.5 Å². The molecule has 2 saturated heterocycles. The number of piperidine rings is 1. The third-order valence-corrected chi connectivity index (χ3v) is 7.55. The molecule has 0 bridgehead atoms. The first-order valence-electron chi connectivity index (χ1n) is 13.8. The van der Waals surface area contributed by atoms with Crippen LogP contribution in [0.5, 0.6) is 0 Å². The van der Waals surface area contributed by atoms with E-state index in [2.05, 4.69) is 82.1 Å². The smallest absolute Gasteiger partial charge is 0.326 e. The Morgan fingerprint density at radius 1 is 0.892 bits per heavy atom. The first-order chi connectivity index (χ1) is 17.5. The molecule has 2 aliphatic rings. The molecule has 2 fully saturated rings. The van der Waals surface area contributed by atoms with Crippen molar-refractivity contribution >= 4 is 17.4 Å². The van der Waals surface area contributed by atoms with Crippen molar-refractivity contribution < 1.29 is 14.3 Å². The Bertz CT molecular complexity index is 1040. The molecule has 1 N–H and O–H groups in total. The predicted octanol–water partition coefficient (Wildman–Crippen LogP) is 6.95. The van der Waals surface area contributed by atoms with Crippen LogP contribution in [0, 0.1) is 5.41 Å². The minimum Gasteiger partial charge on any atom is -0.372 e. The molecule has 0 aliphatic carbocycles. The fourth-order valence-electron chi connectivity index (χ4n) is 5.26. The highest BCUT2D eigenvalue weighted by atomic mass is 16.7. The van der Waals surface area contributed by atoms with Gasteiger partial charge in [-0.2, -0.15) is 0 Å². The summed E-state index contributed by atoms with van der Waals surface area (Å²) >= 11 is 0. The van der Waals surface area contributed by atoms with Gasteiger partial charge in [-0.3, -0.25) is 10.2 Å². The maximum atomic E-state index is 13.9. The van der Waals surface area contributed by atoms with E-state index in [-0.39, 0.29) is 23.3 Å². The lowest BCUT2D eigenvalue weighted by Crippen LogP contribution is -2.58. The third-order valence-electron chi connectivity index (χ3n) is 7.55. The Balaban J connectivity index is 1.65. The molecule has 2 heterocycles. The van der Waals surface area contributed by atoms with Crippen molar-refractivity contribution in [1.29, 1.82) is 0 Å². The summed E-state index contributed by atoms with van der Waals surface area (Å²) in [6.07, 6.45) is 3.75. The zero-order chi connectivity index (χ0) is 26.8. The summed E-state index contributed by atoms with van der Waals surface area (Å²) in [5, 5.41) is 3.14. The number of nitrogens with one attached hydrogen (secondary N) is 1. The van der Waals surface area contributed by atoms with Crippen molar-refractivity contribution in [1.82, 2.24) is 5.32 Å². The highest BCUT2D eigenvalue weighted by molar-refractivity contribution is 5.94. The van der Waals surface area contributed by atoms with Crippen LogP contribution in [0.1, 0.15) is 89.3 Å². The number of hydrogen-bond donors (Lipinski definition) is 1. The van der Waals surface area contributed by atoms with Crippen LogP contribution in [-0.2, 0) is 15.4 Å². The van der Waals surface area contributed by atoms with Gasteiger partial charge in [-0.25, -0.2) is 4.79 Å². The van der Waals surface area contributed by atoms with Gasteiger partial charge in [-0.1, -0.05) is 59.7 Å². The fourth-order valence-corrected chi connectivity index (χ4v) is 5.26. The highest BCUT2D eigenvalue weighted by Crippen LogP contribution is 2.38. The maximum absolute atomic E-state index is 13.9. The Hall–Kier alpha value is -2.57. The minimum absolute atomic E-state index is 0.136. The molecule has 0 radical (unpaired) electrons. The predicted molar refractivity (Wildman–Crippen MR) is 151 cm³/mol. The number of benzene rings is 2. The summed E-state index contributed by atoms with van der Waals surface area (Å²) in [4.78, 5) is 18.0. The Morgan fingerprint density at radius 2 is 1.43 bits per heavy atom. The van der Waals surface area contributed by atoms with Gasteiger partial charge in [0.1, 0.15) is 0 Å². The van der Waals surface area contributed by atoms with E-state index < -0.39 is 5.91 Å². The van der Waals surface area contributed by atoms with Crippen LogP contribution < -0.4 is 15.1 Å². The second-order valence-corrected chi connectivity index (χ2v) is 12.0. The molecule has 2 aromatic carbocycles. The second-order valence-electron chi connectivity index (χ2n) is 12.0. The zero-order valence-corrected chi connectivity index (χ0v) is 23.8. The Morgan fingerprint density at radius 3 is 1.95 bits per heavy atom. The molecule has 0 spiro atoms. The summed E-state index contributed by atoms with van der Waals surface area (Å²) < 4.78 is 12.7. The van der Waals surface area contributed by atoms with Gasteiger partial charge in [0.25, 0.3) is 5.91 Å². The van der Waals surface area contributed by atoms with Crippen molar-refractivity contribution in [3.63, 3.8) is 0 Å². The molecule has 37 heavy (non-hydrogen) atoms. The molecule has 0 atom stereocenters. The monoisotopic (exact) mass is 507 g/mol. The van der Waals surface area contributed by atoms with Crippen LogP contribution in [0.2, 0.25) is 0 Å². The number of para-hydroxylation sites is 1. The average molecular weight is 508 g/mol. The Labute approximate surface area is 223 Å². The molecule has 4 rings (SSSR count). The van der Waals surface area contributed by atoms with E-state index in [0.717, 1.165) is 35.5 Å². The van der Waals surface area contributed by atoms with Crippen LogP contribution in [0.4, 0.5) is 16.2 Å². The van der Waals surface area contributed by atoms with E-state index in [1.807, 2.05) is 19.2 Å². The molecule has 2 amide bonds. The number of urea groups is 1. The zero-order valence-electron chi connectivity index (χ0n) is 23.8. The van der Waals surface area contributed by atoms with Gasteiger partial charge in [-0.05, 0) is 66.5 Å². The average Bonchev–Trinajstić information content (AvgIpc) is 2.89.